The molecule has 1 saturated heterocycles. The van der Waals surface area contributed by atoms with Crippen LogP contribution in [0.4, 0.5) is 14.4 Å². The van der Waals surface area contributed by atoms with E-state index in [0.717, 1.165) is 25.7 Å². The summed E-state index contributed by atoms with van der Waals surface area (Å²) < 4.78 is 15.4. The summed E-state index contributed by atoms with van der Waals surface area (Å²) in [7, 11) is 0. The molecule has 45 heavy (non-hydrogen) atoms. The van der Waals surface area contributed by atoms with Crippen molar-refractivity contribution >= 4 is 30.1 Å². The van der Waals surface area contributed by atoms with Gasteiger partial charge in [-0.2, -0.15) is 0 Å². The van der Waals surface area contributed by atoms with Crippen molar-refractivity contribution in [1.82, 2.24) is 26.2 Å². The van der Waals surface area contributed by atoms with Crippen LogP contribution in [0.15, 0.2) is 12.7 Å². The lowest BCUT2D eigenvalue weighted by molar-refractivity contribution is -0.150. The molecule has 13 nitrogen and oxygen atoms in total. The van der Waals surface area contributed by atoms with Gasteiger partial charge < -0.3 is 40.4 Å². The highest BCUT2D eigenvalue weighted by atomic mass is 16.6. The Balaban J connectivity index is 2.60. The van der Waals surface area contributed by atoms with Gasteiger partial charge in [-0.25, -0.2) is 14.4 Å². The molecule has 4 N–H and O–H groups in total. The van der Waals surface area contributed by atoms with Gasteiger partial charge in [0.2, 0.25) is 11.8 Å². The molecule has 0 aromatic heterocycles. The standard InChI is InChI=1S/C32H57N5O8/c1-8-23-43-28(40)33-19-13-9-10-16-22-37-25(18-12-15-21-35-30(42)45-32(5,6)7)26(38)36-24(27(37)39)17-11-14-20-34-29(41)44-31(2,3)4/h8,24-25H,1,9-23H2,2-7H3,(H,33,40)(H,34,41)(H,35,42)(H,36,38)/t24-,25-/m0/s1. The van der Waals surface area contributed by atoms with Crippen molar-refractivity contribution in [3.63, 3.8) is 0 Å². The fraction of sp³-hybridized carbons (Fsp3) is 0.781. The molecule has 0 bridgehead atoms. The predicted octanol–water partition coefficient (Wildman–Crippen LogP) is 4.54. The van der Waals surface area contributed by atoms with Crippen LogP contribution in [0.2, 0.25) is 0 Å². The third-order valence-electron chi connectivity index (χ3n) is 6.66. The molecular formula is C32H57N5O8. The van der Waals surface area contributed by atoms with Gasteiger partial charge in [0.15, 0.2) is 0 Å². The van der Waals surface area contributed by atoms with Gasteiger partial charge in [-0.1, -0.05) is 25.5 Å². The van der Waals surface area contributed by atoms with Crippen molar-refractivity contribution in [3.05, 3.63) is 12.7 Å². The first kappa shape index (κ1) is 39.5. The zero-order valence-corrected chi connectivity index (χ0v) is 28.3. The number of carbonyl (C=O) groups excluding carboxylic acids is 5. The predicted molar refractivity (Wildman–Crippen MR) is 172 cm³/mol. The molecule has 0 aromatic carbocycles. The summed E-state index contributed by atoms with van der Waals surface area (Å²) in [5.41, 5.74) is -1.16. The maximum Gasteiger partial charge on any atom is 0.407 e. The van der Waals surface area contributed by atoms with Gasteiger partial charge in [0, 0.05) is 26.2 Å². The van der Waals surface area contributed by atoms with Crippen molar-refractivity contribution < 1.29 is 38.2 Å². The summed E-state index contributed by atoms with van der Waals surface area (Å²) in [5, 5.41) is 11.0. The smallest absolute Gasteiger partial charge is 0.407 e. The Hall–Kier alpha value is -3.51. The van der Waals surface area contributed by atoms with Gasteiger partial charge >= 0.3 is 18.3 Å². The Bertz CT molecular complexity index is 960. The van der Waals surface area contributed by atoms with Gasteiger partial charge in [0.1, 0.15) is 29.9 Å². The molecule has 0 radical (unpaired) electrons. The van der Waals surface area contributed by atoms with Crippen molar-refractivity contribution in [2.45, 2.75) is 129 Å². The molecule has 1 fully saturated rings. The number of rotatable bonds is 19. The van der Waals surface area contributed by atoms with Gasteiger partial charge in [-0.15, -0.1) is 0 Å². The Morgan fingerprint density at radius 2 is 1.24 bits per heavy atom. The van der Waals surface area contributed by atoms with E-state index in [1.165, 1.54) is 6.08 Å². The highest BCUT2D eigenvalue weighted by Gasteiger charge is 2.39. The number of alkyl carbamates (subject to hydrolysis) is 3. The van der Waals surface area contributed by atoms with Crippen LogP contribution in [0.25, 0.3) is 0 Å². The third-order valence-corrected chi connectivity index (χ3v) is 6.66. The Labute approximate surface area is 268 Å². The van der Waals surface area contributed by atoms with E-state index in [-0.39, 0.29) is 18.4 Å². The molecule has 0 aliphatic carbocycles. The van der Waals surface area contributed by atoms with E-state index < -0.39 is 41.6 Å². The number of amides is 5. The van der Waals surface area contributed by atoms with E-state index in [1.54, 1.807) is 46.4 Å². The normalized spacial score (nSPS) is 16.8. The number of ether oxygens (including phenoxy) is 3. The average molecular weight is 640 g/mol. The first-order valence-corrected chi connectivity index (χ1v) is 16.2. The molecule has 0 spiro atoms. The Morgan fingerprint density at radius 3 is 1.78 bits per heavy atom. The molecule has 13 heteroatoms. The summed E-state index contributed by atoms with van der Waals surface area (Å²) in [5.74, 6) is -0.271. The topological polar surface area (TPSA) is 164 Å². The van der Waals surface area contributed by atoms with Gasteiger partial charge in [0.05, 0.1) is 0 Å². The lowest BCUT2D eigenvalue weighted by Gasteiger charge is -2.39. The van der Waals surface area contributed by atoms with E-state index >= 15 is 0 Å². The van der Waals surface area contributed by atoms with Crippen LogP contribution in [-0.2, 0) is 23.8 Å². The maximum atomic E-state index is 13.5. The lowest BCUT2D eigenvalue weighted by atomic mass is 9.98. The van der Waals surface area contributed by atoms with Gasteiger partial charge in [0.25, 0.3) is 0 Å². The zero-order valence-electron chi connectivity index (χ0n) is 28.3. The van der Waals surface area contributed by atoms with Crippen LogP contribution in [0.5, 0.6) is 0 Å². The molecule has 0 unspecified atom stereocenters. The summed E-state index contributed by atoms with van der Waals surface area (Å²) in [6.45, 7) is 16.2. The summed E-state index contributed by atoms with van der Waals surface area (Å²) in [4.78, 5) is 63.7. The molecule has 5 amide bonds. The van der Waals surface area contributed by atoms with E-state index in [1.807, 2.05) is 0 Å². The highest BCUT2D eigenvalue weighted by Crippen LogP contribution is 2.20. The van der Waals surface area contributed by atoms with Crippen molar-refractivity contribution in [3.8, 4) is 0 Å². The molecule has 1 heterocycles. The maximum absolute atomic E-state index is 13.5. The van der Waals surface area contributed by atoms with Crippen molar-refractivity contribution in [1.29, 1.82) is 0 Å². The third kappa shape index (κ3) is 18.8. The minimum atomic E-state index is -0.616. The SMILES string of the molecule is C=CCOC(=O)NCCCCCCN1C(=O)[C@H](CCCCNC(=O)OC(C)(C)C)NC(=O)[C@@H]1CCCCNC(=O)OC(C)(C)C. The number of nitrogens with zero attached hydrogens (tertiary/aromatic N) is 1. The summed E-state index contributed by atoms with van der Waals surface area (Å²) in [6.07, 6.45) is 6.77. The van der Waals surface area contributed by atoms with Crippen LogP contribution >= 0.6 is 0 Å². The number of carbonyl (C=O) groups is 5. The van der Waals surface area contributed by atoms with Crippen molar-refractivity contribution in [2.24, 2.45) is 0 Å². The lowest BCUT2D eigenvalue weighted by Crippen LogP contribution is -2.63. The van der Waals surface area contributed by atoms with Crippen LogP contribution in [0.3, 0.4) is 0 Å². The van der Waals surface area contributed by atoms with Crippen molar-refractivity contribution in [2.75, 3.05) is 32.8 Å². The first-order chi connectivity index (χ1) is 21.1. The minimum absolute atomic E-state index is 0.0989. The second-order valence-corrected chi connectivity index (χ2v) is 13.2. The van der Waals surface area contributed by atoms with Crippen LogP contribution < -0.4 is 21.3 Å². The molecule has 258 valence electrons. The Morgan fingerprint density at radius 1 is 0.756 bits per heavy atom. The fourth-order valence-electron chi connectivity index (χ4n) is 4.66. The van der Waals surface area contributed by atoms with E-state index in [2.05, 4.69) is 27.8 Å². The average Bonchev–Trinajstić information content (AvgIpc) is 2.92. The number of unbranched alkanes of at least 4 members (excludes halogenated alkanes) is 5. The molecule has 1 aliphatic rings. The molecule has 1 rings (SSSR count). The zero-order chi connectivity index (χ0) is 33.9. The van der Waals surface area contributed by atoms with Gasteiger partial charge in [-0.3, -0.25) is 9.59 Å². The monoisotopic (exact) mass is 639 g/mol. The number of nitrogens with one attached hydrogen (secondary N) is 4. The molecule has 1 aliphatic heterocycles. The van der Waals surface area contributed by atoms with Crippen LogP contribution in [0.1, 0.15) is 106 Å². The summed E-state index contributed by atoms with van der Waals surface area (Å²) in [6, 6.07) is -1.19. The number of hydrogen-bond acceptors (Lipinski definition) is 8. The fourth-order valence-corrected chi connectivity index (χ4v) is 4.66. The number of piperazine rings is 1. The highest BCUT2D eigenvalue weighted by molar-refractivity contribution is 5.96. The summed E-state index contributed by atoms with van der Waals surface area (Å²) >= 11 is 0. The van der Waals surface area contributed by atoms with E-state index in [4.69, 9.17) is 14.2 Å². The molecule has 0 saturated carbocycles. The van der Waals surface area contributed by atoms with Gasteiger partial charge in [-0.05, 0) is 92.9 Å². The second-order valence-electron chi connectivity index (χ2n) is 13.2. The van der Waals surface area contributed by atoms with Crippen LogP contribution in [0, 0.1) is 0 Å². The molecule has 0 aromatic rings. The molecular weight excluding hydrogens is 582 g/mol. The molecule has 2 atom stereocenters. The first-order valence-electron chi connectivity index (χ1n) is 16.2. The largest absolute Gasteiger partial charge is 0.445 e. The minimum Gasteiger partial charge on any atom is -0.445 e. The van der Waals surface area contributed by atoms with E-state index in [0.29, 0.717) is 64.7 Å². The number of hydrogen-bond donors (Lipinski definition) is 4. The second kappa shape index (κ2) is 20.5. The van der Waals surface area contributed by atoms with Crippen LogP contribution in [-0.4, -0.2) is 91.1 Å². The quantitative estimate of drug-likeness (QED) is 0.0909. The van der Waals surface area contributed by atoms with E-state index in [9.17, 15) is 24.0 Å². The Kier molecular flexibility index (Phi) is 18.0.